The van der Waals surface area contributed by atoms with E-state index in [1.54, 1.807) is 11.5 Å². The van der Waals surface area contributed by atoms with Gasteiger partial charge in [0.15, 0.2) is 0 Å². The van der Waals surface area contributed by atoms with Gasteiger partial charge in [0.25, 0.3) is 0 Å². The largest absolute Gasteiger partial charge is 0.309 e. The number of hydrogen-bond donors (Lipinski definition) is 1. The lowest BCUT2D eigenvalue weighted by molar-refractivity contribution is 0.177. The van der Waals surface area contributed by atoms with Crippen molar-refractivity contribution in [1.82, 2.24) is 14.9 Å². The van der Waals surface area contributed by atoms with E-state index >= 15 is 0 Å². The molecule has 1 aromatic rings. The van der Waals surface area contributed by atoms with Gasteiger partial charge in [0, 0.05) is 6.04 Å². The van der Waals surface area contributed by atoms with Crippen molar-refractivity contribution in [3.05, 3.63) is 10.6 Å². The first-order valence-electron chi connectivity index (χ1n) is 7.64. The summed E-state index contributed by atoms with van der Waals surface area (Å²) < 4.78 is 4.14. The number of aryl methyl sites for hydroxylation is 1. The third-order valence-corrected chi connectivity index (χ3v) is 5.18. The van der Waals surface area contributed by atoms with Crippen LogP contribution in [0.3, 0.4) is 0 Å². The van der Waals surface area contributed by atoms with Gasteiger partial charge in [-0.25, -0.2) is 0 Å². The standard InChI is InChI=1S/C15H27N3S/c1-5-6-16-14(15-12(4)17-18-19-15)13-8-10(2)7-11(3)9-13/h10-11,13-14,16H,5-9H2,1-4H3. The van der Waals surface area contributed by atoms with Crippen molar-refractivity contribution in [2.24, 2.45) is 17.8 Å². The molecule has 19 heavy (non-hydrogen) atoms. The molecular formula is C15H27N3S. The fourth-order valence-corrected chi connectivity index (χ4v) is 4.39. The molecule has 0 saturated heterocycles. The molecule has 0 aliphatic heterocycles. The molecule has 2 rings (SSSR count). The quantitative estimate of drug-likeness (QED) is 0.887. The van der Waals surface area contributed by atoms with E-state index in [9.17, 15) is 0 Å². The van der Waals surface area contributed by atoms with Crippen molar-refractivity contribution in [3.63, 3.8) is 0 Å². The number of nitrogens with one attached hydrogen (secondary N) is 1. The summed E-state index contributed by atoms with van der Waals surface area (Å²) in [5.74, 6) is 2.44. The molecule has 1 fully saturated rings. The molecule has 0 spiro atoms. The van der Waals surface area contributed by atoms with E-state index in [1.165, 1.54) is 30.6 Å². The van der Waals surface area contributed by atoms with Gasteiger partial charge in [-0.1, -0.05) is 25.3 Å². The van der Waals surface area contributed by atoms with Gasteiger partial charge in [-0.3, -0.25) is 0 Å². The molecule has 1 heterocycles. The minimum Gasteiger partial charge on any atom is -0.309 e. The van der Waals surface area contributed by atoms with Crippen molar-refractivity contribution in [2.75, 3.05) is 6.54 Å². The first-order chi connectivity index (χ1) is 9.11. The maximum absolute atomic E-state index is 4.21. The molecule has 1 saturated carbocycles. The van der Waals surface area contributed by atoms with E-state index in [1.807, 2.05) is 0 Å². The Bertz CT molecular complexity index is 380. The fraction of sp³-hybridized carbons (Fsp3) is 0.867. The van der Waals surface area contributed by atoms with Gasteiger partial charge in [0.2, 0.25) is 0 Å². The van der Waals surface area contributed by atoms with Crippen LogP contribution in [0.25, 0.3) is 0 Å². The minimum absolute atomic E-state index is 0.463. The average Bonchev–Trinajstić information content (AvgIpc) is 2.75. The Morgan fingerprint density at radius 2 is 1.95 bits per heavy atom. The molecule has 1 aliphatic rings. The maximum Gasteiger partial charge on any atom is 0.0772 e. The van der Waals surface area contributed by atoms with E-state index in [2.05, 4.69) is 42.6 Å². The molecule has 0 amide bonds. The molecule has 108 valence electrons. The highest BCUT2D eigenvalue weighted by molar-refractivity contribution is 7.05. The number of nitrogens with zero attached hydrogens (tertiary/aromatic N) is 2. The second kappa shape index (κ2) is 6.80. The van der Waals surface area contributed by atoms with Crippen molar-refractivity contribution in [3.8, 4) is 0 Å². The van der Waals surface area contributed by atoms with E-state index in [0.29, 0.717) is 6.04 Å². The Balaban J connectivity index is 2.15. The van der Waals surface area contributed by atoms with Crippen molar-refractivity contribution < 1.29 is 0 Å². The first kappa shape index (κ1) is 14.9. The second-order valence-corrected chi connectivity index (χ2v) is 7.12. The van der Waals surface area contributed by atoms with Crippen LogP contribution < -0.4 is 5.32 Å². The molecule has 1 aliphatic carbocycles. The molecule has 3 unspecified atom stereocenters. The monoisotopic (exact) mass is 281 g/mol. The van der Waals surface area contributed by atoms with Gasteiger partial charge in [-0.2, -0.15) is 0 Å². The summed E-state index contributed by atoms with van der Waals surface area (Å²) in [6.07, 6.45) is 5.24. The smallest absolute Gasteiger partial charge is 0.0772 e. The van der Waals surface area contributed by atoms with Gasteiger partial charge in [0.05, 0.1) is 10.6 Å². The zero-order valence-electron chi connectivity index (χ0n) is 12.6. The Morgan fingerprint density at radius 3 is 2.47 bits per heavy atom. The van der Waals surface area contributed by atoms with Crippen LogP contribution in [0.15, 0.2) is 0 Å². The third kappa shape index (κ3) is 3.76. The molecule has 4 heteroatoms. The zero-order chi connectivity index (χ0) is 13.8. The van der Waals surface area contributed by atoms with Gasteiger partial charge in [-0.15, -0.1) is 5.10 Å². The van der Waals surface area contributed by atoms with Crippen LogP contribution in [-0.4, -0.2) is 16.1 Å². The van der Waals surface area contributed by atoms with Gasteiger partial charge in [-0.05, 0) is 68.4 Å². The van der Waals surface area contributed by atoms with Gasteiger partial charge < -0.3 is 5.32 Å². The second-order valence-electron chi connectivity index (χ2n) is 6.33. The Kier molecular flexibility index (Phi) is 5.34. The molecule has 3 nitrogen and oxygen atoms in total. The summed E-state index contributed by atoms with van der Waals surface area (Å²) in [6.45, 7) is 10.2. The molecule has 0 aromatic carbocycles. The summed E-state index contributed by atoms with van der Waals surface area (Å²) in [6, 6.07) is 0.463. The highest BCUT2D eigenvalue weighted by Gasteiger charge is 2.32. The summed E-state index contributed by atoms with van der Waals surface area (Å²) in [5.41, 5.74) is 1.12. The summed E-state index contributed by atoms with van der Waals surface area (Å²) in [5, 5.41) is 7.96. The fourth-order valence-electron chi connectivity index (χ4n) is 3.58. The van der Waals surface area contributed by atoms with E-state index in [0.717, 1.165) is 30.0 Å². The highest BCUT2D eigenvalue weighted by atomic mass is 32.1. The van der Waals surface area contributed by atoms with Crippen LogP contribution in [0.5, 0.6) is 0 Å². The molecule has 1 aromatic heterocycles. The van der Waals surface area contributed by atoms with Crippen LogP contribution >= 0.6 is 11.5 Å². The predicted molar refractivity (Wildman–Crippen MR) is 81.3 cm³/mol. The van der Waals surface area contributed by atoms with Crippen molar-refractivity contribution >= 4 is 11.5 Å². The van der Waals surface area contributed by atoms with Crippen LogP contribution in [0, 0.1) is 24.7 Å². The zero-order valence-corrected chi connectivity index (χ0v) is 13.5. The Hall–Kier alpha value is -0.480. The molecular weight excluding hydrogens is 254 g/mol. The Morgan fingerprint density at radius 1 is 1.26 bits per heavy atom. The molecule has 1 N–H and O–H groups in total. The topological polar surface area (TPSA) is 37.8 Å². The van der Waals surface area contributed by atoms with Crippen LogP contribution in [0.1, 0.15) is 63.1 Å². The van der Waals surface area contributed by atoms with Crippen LogP contribution in [0.4, 0.5) is 0 Å². The van der Waals surface area contributed by atoms with Crippen molar-refractivity contribution in [1.29, 1.82) is 0 Å². The van der Waals surface area contributed by atoms with E-state index in [-0.39, 0.29) is 0 Å². The normalized spacial score (nSPS) is 29.4. The van der Waals surface area contributed by atoms with Crippen LogP contribution in [-0.2, 0) is 0 Å². The predicted octanol–water partition coefficient (Wildman–Crippen LogP) is 3.96. The number of aromatic nitrogens is 2. The molecule has 3 atom stereocenters. The number of rotatable bonds is 5. The minimum atomic E-state index is 0.463. The van der Waals surface area contributed by atoms with Gasteiger partial charge >= 0.3 is 0 Å². The van der Waals surface area contributed by atoms with Gasteiger partial charge in [0.1, 0.15) is 0 Å². The van der Waals surface area contributed by atoms with E-state index in [4.69, 9.17) is 0 Å². The van der Waals surface area contributed by atoms with Crippen molar-refractivity contribution in [2.45, 2.75) is 59.4 Å². The van der Waals surface area contributed by atoms with E-state index < -0.39 is 0 Å². The lowest BCUT2D eigenvalue weighted by atomic mass is 9.73. The number of hydrogen-bond acceptors (Lipinski definition) is 4. The summed E-state index contributed by atoms with van der Waals surface area (Å²) in [4.78, 5) is 1.36. The lowest BCUT2D eigenvalue weighted by Gasteiger charge is -2.36. The maximum atomic E-state index is 4.21. The molecule has 0 radical (unpaired) electrons. The van der Waals surface area contributed by atoms with Crippen LogP contribution in [0.2, 0.25) is 0 Å². The average molecular weight is 281 g/mol. The molecule has 0 bridgehead atoms. The summed E-state index contributed by atoms with van der Waals surface area (Å²) in [7, 11) is 0. The SMILES string of the molecule is CCCNC(c1snnc1C)C1CC(C)CC(C)C1. The first-order valence-corrected chi connectivity index (χ1v) is 8.41. The Labute approximate surface area is 121 Å². The lowest BCUT2D eigenvalue weighted by Crippen LogP contribution is -2.33. The highest BCUT2D eigenvalue weighted by Crippen LogP contribution is 2.41. The summed E-state index contributed by atoms with van der Waals surface area (Å²) >= 11 is 1.58. The third-order valence-electron chi connectivity index (χ3n) is 4.27.